The van der Waals surface area contributed by atoms with Crippen molar-refractivity contribution in [2.45, 2.75) is 17.9 Å². The number of anilines is 1. The molecule has 1 amide bonds. The quantitative estimate of drug-likeness (QED) is 0.537. The van der Waals surface area contributed by atoms with E-state index in [1.165, 1.54) is 24.3 Å². The van der Waals surface area contributed by atoms with Crippen LogP contribution < -0.4 is 10.0 Å². The highest BCUT2D eigenvalue weighted by molar-refractivity contribution is 7.92. The van der Waals surface area contributed by atoms with E-state index in [1.807, 2.05) is 37.3 Å². The first-order valence-electron chi connectivity index (χ1n) is 8.70. The Labute approximate surface area is 179 Å². The maximum atomic E-state index is 12.8. The lowest BCUT2D eigenvalue weighted by Gasteiger charge is -2.17. The van der Waals surface area contributed by atoms with E-state index in [0.717, 1.165) is 5.56 Å². The molecular weight excluding hydrogens is 431 g/mol. The minimum atomic E-state index is -4.05. The lowest BCUT2D eigenvalue weighted by atomic mass is 10.1. The summed E-state index contributed by atoms with van der Waals surface area (Å²) in [6, 6.07) is 19.7. The number of hydrogen-bond donors (Lipinski definition) is 2. The van der Waals surface area contributed by atoms with Gasteiger partial charge in [0, 0.05) is 5.02 Å². The molecule has 3 rings (SSSR count). The SMILES string of the molecule is CC(NC(=O)c1ccccc1NS(=O)(=O)c1cc(Cl)ccc1Cl)c1ccccc1. The summed E-state index contributed by atoms with van der Waals surface area (Å²) in [6.07, 6.45) is 0. The van der Waals surface area contributed by atoms with Crippen LogP contribution in [0.4, 0.5) is 5.69 Å². The van der Waals surface area contributed by atoms with Crippen LogP contribution in [0.15, 0.2) is 77.7 Å². The fourth-order valence-electron chi connectivity index (χ4n) is 2.75. The molecule has 0 fully saturated rings. The van der Waals surface area contributed by atoms with Crippen LogP contribution >= 0.6 is 23.2 Å². The molecule has 0 aromatic heterocycles. The zero-order chi connectivity index (χ0) is 21.0. The number of halogens is 2. The smallest absolute Gasteiger partial charge is 0.263 e. The lowest BCUT2D eigenvalue weighted by Crippen LogP contribution is -2.28. The summed E-state index contributed by atoms with van der Waals surface area (Å²) in [4.78, 5) is 12.6. The first-order chi connectivity index (χ1) is 13.8. The van der Waals surface area contributed by atoms with Crippen LogP contribution in [0, 0.1) is 0 Å². The third kappa shape index (κ3) is 5.09. The number of benzene rings is 3. The fourth-order valence-corrected chi connectivity index (χ4v) is 4.60. The number of rotatable bonds is 6. The van der Waals surface area contributed by atoms with Crippen LogP contribution in [-0.4, -0.2) is 14.3 Å². The second-order valence-corrected chi connectivity index (χ2v) is 8.83. The summed E-state index contributed by atoms with van der Waals surface area (Å²) in [5.41, 5.74) is 1.27. The van der Waals surface area contributed by atoms with Crippen molar-refractivity contribution in [3.8, 4) is 0 Å². The van der Waals surface area contributed by atoms with E-state index in [0.29, 0.717) is 0 Å². The first-order valence-corrected chi connectivity index (χ1v) is 10.9. The molecule has 0 radical (unpaired) electrons. The fraction of sp³-hybridized carbons (Fsp3) is 0.0952. The molecule has 0 aliphatic carbocycles. The third-order valence-corrected chi connectivity index (χ3v) is 6.33. The largest absolute Gasteiger partial charge is 0.345 e. The van der Waals surface area contributed by atoms with Gasteiger partial charge in [-0.3, -0.25) is 9.52 Å². The van der Waals surface area contributed by atoms with Crippen LogP contribution in [0.2, 0.25) is 10.0 Å². The van der Waals surface area contributed by atoms with Gasteiger partial charge in [-0.2, -0.15) is 0 Å². The van der Waals surface area contributed by atoms with Crippen molar-refractivity contribution in [1.82, 2.24) is 5.32 Å². The minimum absolute atomic E-state index is 0.0292. The number of hydrogen-bond acceptors (Lipinski definition) is 3. The predicted molar refractivity (Wildman–Crippen MR) is 116 cm³/mol. The molecule has 0 aliphatic rings. The van der Waals surface area contributed by atoms with E-state index in [2.05, 4.69) is 10.0 Å². The summed E-state index contributed by atoms with van der Waals surface area (Å²) in [5.74, 6) is -0.406. The Morgan fingerprint density at radius 1 is 0.931 bits per heavy atom. The predicted octanol–water partition coefficient (Wildman–Crippen LogP) is 5.29. The van der Waals surface area contributed by atoms with Gasteiger partial charge >= 0.3 is 0 Å². The van der Waals surface area contributed by atoms with E-state index in [1.54, 1.807) is 18.2 Å². The van der Waals surface area contributed by atoms with Gasteiger partial charge in [0.25, 0.3) is 15.9 Å². The standard InChI is InChI=1S/C21H18Cl2N2O3S/c1-14(15-7-3-2-4-8-15)24-21(26)17-9-5-6-10-19(17)25-29(27,28)20-13-16(22)11-12-18(20)23/h2-14,25H,1H3,(H,24,26). The second-order valence-electron chi connectivity index (χ2n) is 6.33. The first kappa shape index (κ1) is 21.2. The van der Waals surface area contributed by atoms with Gasteiger partial charge in [0.1, 0.15) is 4.90 Å². The van der Waals surface area contributed by atoms with E-state index in [9.17, 15) is 13.2 Å². The molecule has 0 saturated heterocycles. The average molecular weight is 449 g/mol. The number of amides is 1. The number of para-hydroxylation sites is 1. The summed E-state index contributed by atoms with van der Waals surface area (Å²) >= 11 is 11.9. The Morgan fingerprint density at radius 3 is 2.31 bits per heavy atom. The highest BCUT2D eigenvalue weighted by atomic mass is 35.5. The van der Waals surface area contributed by atoms with Crippen molar-refractivity contribution in [3.05, 3.63) is 94.0 Å². The maximum absolute atomic E-state index is 12.8. The Morgan fingerprint density at radius 2 is 1.59 bits per heavy atom. The van der Waals surface area contributed by atoms with E-state index >= 15 is 0 Å². The average Bonchev–Trinajstić information content (AvgIpc) is 2.70. The summed E-state index contributed by atoms with van der Waals surface area (Å²) in [7, 11) is -4.05. The normalized spacial score (nSPS) is 12.2. The Hall–Kier alpha value is -2.54. The van der Waals surface area contributed by atoms with Gasteiger partial charge in [0.15, 0.2) is 0 Å². The minimum Gasteiger partial charge on any atom is -0.345 e. The van der Waals surface area contributed by atoms with Crippen LogP contribution in [0.5, 0.6) is 0 Å². The van der Waals surface area contributed by atoms with Gasteiger partial charge in [-0.25, -0.2) is 8.42 Å². The van der Waals surface area contributed by atoms with Crippen molar-refractivity contribution in [1.29, 1.82) is 0 Å². The molecule has 3 aromatic rings. The highest BCUT2D eigenvalue weighted by Crippen LogP contribution is 2.28. The Bertz CT molecular complexity index is 1140. The molecule has 5 nitrogen and oxygen atoms in total. The summed E-state index contributed by atoms with van der Waals surface area (Å²) < 4.78 is 28.0. The van der Waals surface area contributed by atoms with Crippen LogP contribution in [0.3, 0.4) is 0 Å². The number of carbonyl (C=O) groups is 1. The number of sulfonamides is 1. The van der Waals surface area contributed by atoms with Crippen LogP contribution in [0.25, 0.3) is 0 Å². The molecular formula is C21H18Cl2N2O3S. The highest BCUT2D eigenvalue weighted by Gasteiger charge is 2.22. The van der Waals surface area contributed by atoms with Crippen molar-refractivity contribution >= 4 is 44.8 Å². The van der Waals surface area contributed by atoms with Gasteiger partial charge < -0.3 is 5.32 Å². The van der Waals surface area contributed by atoms with Gasteiger partial charge in [0.2, 0.25) is 0 Å². The van der Waals surface area contributed by atoms with Gasteiger partial charge in [-0.1, -0.05) is 65.7 Å². The molecule has 29 heavy (non-hydrogen) atoms. The molecule has 8 heteroatoms. The van der Waals surface area contributed by atoms with Crippen LogP contribution in [0.1, 0.15) is 28.9 Å². The molecule has 0 saturated carbocycles. The third-order valence-electron chi connectivity index (χ3n) is 4.25. The second kappa shape index (κ2) is 8.86. The van der Waals surface area contributed by atoms with Crippen LogP contribution in [-0.2, 0) is 10.0 Å². The molecule has 0 bridgehead atoms. The van der Waals surface area contributed by atoms with Gasteiger partial charge in [-0.15, -0.1) is 0 Å². The monoisotopic (exact) mass is 448 g/mol. The Kier molecular flexibility index (Phi) is 6.47. The van der Waals surface area contributed by atoms with Crippen molar-refractivity contribution in [2.75, 3.05) is 4.72 Å². The summed E-state index contributed by atoms with van der Waals surface area (Å²) in [6.45, 7) is 1.85. The molecule has 0 aliphatic heterocycles. The van der Waals surface area contributed by atoms with Crippen molar-refractivity contribution in [3.63, 3.8) is 0 Å². The summed E-state index contributed by atoms with van der Waals surface area (Å²) in [5, 5.41) is 3.14. The molecule has 1 unspecified atom stereocenters. The molecule has 3 aromatic carbocycles. The molecule has 0 heterocycles. The van der Waals surface area contributed by atoms with Crippen molar-refractivity contribution in [2.24, 2.45) is 0 Å². The van der Waals surface area contributed by atoms with E-state index in [4.69, 9.17) is 23.2 Å². The van der Waals surface area contributed by atoms with Gasteiger partial charge in [0.05, 0.1) is 22.3 Å². The maximum Gasteiger partial charge on any atom is 0.263 e. The zero-order valence-electron chi connectivity index (χ0n) is 15.4. The molecule has 0 spiro atoms. The lowest BCUT2D eigenvalue weighted by molar-refractivity contribution is 0.0941. The molecule has 2 N–H and O–H groups in total. The van der Waals surface area contributed by atoms with E-state index < -0.39 is 15.9 Å². The Balaban J connectivity index is 1.87. The zero-order valence-corrected chi connectivity index (χ0v) is 17.7. The molecule has 1 atom stereocenters. The van der Waals surface area contributed by atoms with E-state index in [-0.39, 0.29) is 32.2 Å². The topological polar surface area (TPSA) is 75.3 Å². The molecule has 150 valence electrons. The van der Waals surface area contributed by atoms with Gasteiger partial charge in [-0.05, 0) is 42.8 Å². The number of nitrogens with one attached hydrogen (secondary N) is 2. The van der Waals surface area contributed by atoms with Crippen molar-refractivity contribution < 1.29 is 13.2 Å². The number of carbonyl (C=O) groups excluding carboxylic acids is 1.